The molecule has 0 saturated heterocycles. The van der Waals surface area contributed by atoms with Gasteiger partial charge in [0.1, 0.15) is 5.82 Å². The number of pyridine rings is 1. The number of nitrogens with one attached hydrogen (secondary N) is 1. The fourth-order valence-electron chi connectivity index (χ4n) is 2.84. The number of nitrogen functional groups attached to an aromatic ring is 1. The quantitative estimate of drug-likeness (QED) is 0.815. The minimum Gasteiger partial charge on any atom is -0.464 e. The number of ether oxygens (including phenoxy) is 1. The van der Waals surface area contributed by atoms with Gasteiger partial charge in [0.05, 0.1) is 12.8 Å². The van der Waals surface area contributed by atoms with Crippen molar-refractivity contribution in [3.05, 3.63) is 17.8 Å². The van der Waals surface area contributed by atoms with E-state index in [4.69, 9.17) is 5.73 Å². The van der Waals surface area contributed by atoms with Crippen molar-refractivity contribution in [1.82, 2.24) is 4.98 Å². The van der Waals surface area contributed by atoms with E-state index >= 15 is 0 Å². The zero-order chi connectivity index (χ0) is 15.2. The Morgan fingerprint density at radius 2 is 2.10 bits per heavy atom. The second-order valence-electron chi connectivity index (χ2n) is 5.97. The summed E-state index contributed by atoms with van der Waals surface area (Å²) >= 11 is 0. The van der Waals surface area contributed by atoms with Crippen LogP contribution in [0.2, 0.25) is 0 Å². The molecular weight excluding hydrogens is 266 g/mol. The Morgan fingerprint density at radius 1 is 1.38 bits per heavy atom. The number of carbonyl (C=O) groups is 1. The number of carbonyl (C=O) groups excluding carboxylic acids is 1. The number of nitrogens with two attached hydrogens (primary N) is 1. The molecule has 0 aromatic carbocycles. The number of nitrogens with zero attached hydrogens (tertiary/aromatic N) is 1. The van der Waals surface area contributed by atoms with E-state index < -0.39 is 5.97 Å². The lowest BCUT2D eigenvalue weighted by molar-refractivity contribution is 0.0594. The van der Waals surface area contributed by atoms with Crippen molar-refractivity contribution in [2.45, 2.75) is 39.0 Å². The van der Waals surface area contributed by atoms with E-state index in [2.05, 4.69) is 22.0 Å². The van der Waals surface area contributed by atoms with E-state index in [1.807, 2.05) is 0 Å². The molecule has 21 heavy (non-hydrogen) atoms. The average Bonchev–Trinajstić information content (AvgIpc) is 2.50. The Morgan fingerprint density at radius 3 is 2.76 bits per heavy atom. The minimum atomic E-state index is -0.445. The molecule has 3 N–H and O–H groups in total. The van der Waals surface area contributed by atoms with Crippen molar-refractivity contribution < 1.29 is 9.53 Å². The van der Waals surface area contributed by atoms with E-state index in [-0.39, 0.29) is 5.69 Å². The lowest BCUT2D eigenvalue weighted by Crippen LogP contribution is -2.17. The van der Waals surface area contributed by atoms with Gasteiger partial charge in [-0.2, -0.15) is 0 Å². The summed E-state index contributed by atoms with van der Waals surface area (Å²) in [6.45, 7) is 3.16. The van der Waals surface area contributed by atoms with Crippen molar-refractivity contribution >= 4 is 17.5 Å². The molecule has 1 saturated carbocycles. The first-order valence-electron chi connectivity index (χ1n) is 7.69. The SMILES string of the molecule is COC(=O)c1ccc(N)c(NCCC2CCC(C)CC2)n1. The fraction of sp³-hybridized carbons (Fsp3) is 0.625. The monoisotopic (exact) mass is 291 g/mol. The van der Waals surface area contributed by atoms with Crippen LogP contribution < -0.4 is 11.1 Å². The first kappa shape index (κ1) is 15.6. The molecule has 116 valence electrons. The third kappa shape index (κ3) is 4.34. The van der Waals surface area contributed by atoms with E-state index in [9.17, 15) is 4.79 Å². The molecule has 5 heteroatoms. The Labute approximate surface area is 126 Å². The molecule has 1 fully saturated rings. The van der Waals surface area contributed by atoms with Gasteiger partial charge in [0.25, 0.3) is 0 Å². The Hall–Kier alpha value is -1.78. The molecule has 5 nitrogen and oxygen atoms in total. The second-order valence-corrected chi connectivity index (χ2v) is 5.97. The first-order chi connectivity index (χ1) is 10.1. The number of esters is 1. The van der Waals surface area contributed by atoms with Crippen molar-refractivity contribution in [2.75, 3.05) is 24.7 Å². The summed E-state index contributed by atoms with van der Waals surface area (Å²) in [7, 11) is 1.34. The Balaban J connectivity index is 1.86. The number of rotatable bonds is 5. The molecule has 0 radical (unpaired) electrons. The van der Waals surface area contributed by atoms with Crippen LogP contribution in [0.4, 0.5) is 11.5 Å². The number of hydrogen-bond donors (Lipinski definition) is 2. The van der Waals surface area contributed by atoms with Crippen LogP contribution in [0.5, 0.6) is 0 Å². The van der Waals surface area contributed by atoms with Crippen molar-refractivity contribution in [2.24, 2.45) is 11.8 Å². The summed E-state index contributed by atoms with van der Waals surface area (Å²) in [6.07, 6.45) is 6.42. The van der Waals surface area contributed by atoms with E-state index in [1.165, 1.54) is 32.8 Å². The van der Waals surface area contributed by atoms with Gasteiger partial charge in [0, 0.05) is 6.54 Å². The van der Waals surface area contributed by atoms with Crippen LogP contribution in [0.15, 0.2) is 12.1 Å². The van der Waals surface area contributed by atoms with Crippen molar-refractivity contribution in [3.8, 4) is 0 Å². The van der Waals surface area contributed by atoms with Gasteiger partial charge in [-0.05, 0) is 30.4 Å². The van der Waals surface area contributed by atoms with Crippen LogP contribution in [0.3, 0.4) is 0 Å². The molecule has 1 aliphatic rings. The average molecular weight is 291 g/mol. The summed E-state index contributed by atoms with van der Waals surface area (Å²) in [4.78, 5) is 15.7. The van der Waals surface area contributed by atoms with E-state index in [1.54, 1.807) is 12.1 Å². The molecule has 0 atom stereocenters. The van der Waals surface area contributed by atoms with Gasteiger partial charge in [0.15, 0.2) is 5.69 Å². The first-order valence-corrected chi connectivity index (χ1v) is 7.69. The highest BCUT2D eigenvalue weighted by atomic mass is 16.5. The van der Waals surface area contributed by atoms with Gasteiger partial charge < -0.3 is 15.8 Å². The van der Waals surface area contributed by atoms with Gasteiger partial charge in [-0.1, -0.05) is 32.6 Å². The molecule has 0 amide bonds. The summed E-state index contributed by atoms with van der Waals surface area (Å²) in [5.41, 5.74) is 6.73. The Bertz CT molecular complexity index is 482. The molecule has 0 aliphatic heterocycles. The fourth-order valence-corrected chi connectivity index (χ4v) is 2.84. The summed E-state index contributed by atoms with van der Waals surface area (Å²) in [6, 6.07) is 3.26. The zero-order valence-corrected chi connectivity index (χ0v) is 12.9. The highest BCUT2D eigenvalue weighted by molar-refractivity contribution is 5.88. The number of hydrogen-bond acceptors (Lipinski definition) is 5. The second kappa shape index (κ2) is 7.29. The lowest BCUT2D eigenvalue weighted by atomic mass is 9.81. The number of aromatic nitrogens is 1. The summed E-state index contributed by atoms with van der Waals surface area (Å²) in [5.74, 6) is 1.79. The maximum atomic E-state index is 11.5. The standard InChI is InChI=1S/C16H25N3O2/c1-11-3-5-12(6-4-11)9-10-18-15-13(17)7-8-14(19-15)16(20)21-2/h7-8,11-12H,3-6,9-10,17H2,1-2H3,(H,18,19). The van der Waals surface area contributed by atoms with Crippen LogP contribution in [-0.4, -0.2) is 24.6 Å². The molecule has 0 spiro atoms. The largest absolute Gasteiger partial charge is 0.464 e. The van der Waals surface area contributed by atoms with Crippen molar-refractivity contribution in [3.63, 3.8) is 0 Å². The van der Waals surface area contributed by atoms with Gasteiger partial charge in [-0.25, -0.2) is 9.78 Å². The number of methoxy groups -OCH3 is 1. The van der Waals surface area contributed by atoms with Gasteiger partial charge in [-0.3, -0.25) is 0 Å². The van der Waals surface area contributed by atoms with Crippen molar-refractivity contribution in [1.29, 1.82) is 0 Å². The van der Waals surface area contributed by atoms with Crippen LogP contribution in [0.25, 0.3) is 0 Å². The molecule has 0 bridgehead atoms. The molecular formula is C16H25N3O2. The molecule has 2 rings (SSSR count). The van der Waals surface area contributed by atoms with Gasteiger partial charge >= 0.3 is 5.97 Å². The maximum absolute atomic E-state index is 11.5. The molecule has 1 heterocycles. The van der Waals surface area contributed by atoms with E-state index in [0.717, 1.165) is 24.8 Å². The predicted molar refractivity (Wildman–Crippen MR) is 84.2 cm³/mol. The van der Waals surface area contributed by atoms with Gasteiger partial charge in [0.2, 0.25) is 0 Å². The van der Waals surface area contributed by atoms with Crippen LogP contribution in [-0.2, 0) is 4.74 Å². The highest BCUT2D eigenvalue weighted by Gasteiger charge is 2.18. The maximum Gasteiger partial charge on any atom is 0.356 e. The topological polar surface area (TPSA) is 77.2 Å². The summed E-state index contributed by atoms with van der Waals surface area (Å²) in [5, 5.41) is 3.25. The highest BCUT2D eigenvalue weighted by Crippen LogP contribution is 2.30. The van der Waals surface area contributed by atoms with Crippen LogP contribution in [0, 0.1) is 11.8 Å². The van der Waals surface area contributed by atoms with E-state index in [0.29, 0.717) is 11.5 Å². The zero-order valence-electron chi connectivity index (χ0n) is 12.9. The Kier molecular flexibility index (Phi) is 5.42. The molecule has 0 unspecified atom stereocenters. The minimum absolute atomic E-state index is 0.278. The third-order valence-electron chi connectivity index (χ3n) is 4.30. The van der Waals surface area contributed by atoms with Crippen LogP contribution in [0.1, 0.15) is 49.5 Å². The summed E-state index contributed by atoms with van der Waals surface area (Å²) < 4.78 is 4.67. The van der Waals surface area contributed by atoms with Crippen LogP contribution >= 0.6 is 0 Å². The predicted octanol–water partition coefficient (Wildman–Crippen LogP) is 3.08. The lowest BCUT2D eigenvalue weighted by Gasteiger charge is -2.26. The van der Waals surface area contributed by atoms with Gasteiger partial charge in [-0.15, -0.1) is 0 Å². The molecule has 1 aromatic heterocycles. The normalized spacial score (nSPS) is 21.8. The number of anilines is 2. The molecule has 1 aromatic rings. The molecule has 1 aliphatic carbocycles. The third-order valence-corrected chi connectivity index (χ3v) is 4.30. The smallest absolute Gasteiger partial charge is 0.356 e.